The van der Waals surface area contributed by atoms with Crippen LogP contribution in [0.5, 0.6) is 5.75 Å². The summed E-state index contributed by atoms with van der Waals surface area (Å²) in [6.07, 6.45) is -5.32. The molecule has 1 aliphatic heterocycles. The minimum absolute atomic E-state index is 0.0132. The number of hydrogen-bond acceptors (Lipinski definition) is 5. The molecule has 0 spiro atoms. The van der Waals surface area contributed by atoms with Crippen LogP contribution in [0.25, 0.3) is 22.2 Å². The van der Waals surface area contributed by atoms with Gasteiger partial charge in [-0.25, -0.2) is 9.37 Å². The summed E-state index contributed by atoms with van der Waals surface area (Å²) in [4.78, 5) is 29.4. The summed E-state index contributed by atoms with van der Waals surface area (Å²) in [6, 6.07) is 14.2. The third kappa shape index (κ3) is 4.24. The Kier molecular flexibility index (Phi) is 6.33. The number of aliphatic hydroxyl groups is 1. The number of aryl methyl sites for hydroxylation is 1. The summed E-state index contributed by atoms with van der Waals surface area (Å²) >= 11 is 0. The van der Waals surface area contributed by atoms with Crippen LogP contribution in [0, 0.1) is 5.82 Å². The van der Waals surface area contributed by atoms with E-state index in [1.807, 2.05) is 0 Å². The molecule has 0 saturated heterocycles. The van der Waals surface area contributed by atoms with Crippen molar-refractivity contribution in [2.45, 2.75) is 24.1 Å². The van der Waals surface area contributed by atoms with E-state index in [-0.39, 0.29) is 34.9 Å². The van der Waals surface area contributed by atoms with Crippen molar-refractivity contribution < 1.29 is 37.0 Å². The summed E-state index contributed by atoms with van der Waals surface area (Å²) in [5.41, 5.74) is 0.229. The Balaban J connectivity index is 1.60. The lowest BCUT2D eigenvalue weighted by Gasteiger charge is -2.31. The number of ether oxygens (including phenoxy) is 1. The van der Waals surface area contributed by atoms with Gasteiger partial charge in [-0.2, -0.15) is 13.2 Å². The highest BCUT2D eigenvalue weighted by atomic mass is 19.4. The third-order valence-corrected chi connectivity index (χ3v) is 7.32. The molecule has 0 fully saturated rings. The first-order valence-electron chi connectivity index (χ1n) is 12.1. The second-order valence-electron chi connectivity index (χ2n) is 9.91. The molecule has 2 aromatic carbocycles. The Hall–Kier alpha value is -4.45. The lowest BCUT2D eigenvalue weighted by molar-refractivity contribution is -0.265. The van der Waals surface area contributed by atoms with Crippen LogP contribution >= 0.6 is 0 Å². The smallest absolute Gasteiger partial charge is 0.424 e. The van der Waals surface area contributed by atoms with Crippen molar-refractivity contribution in [3.63, 3.8) is 0 Å². The van der Waals surface area contributed by atoms with Crippen molar-refractivity contribution in [1.82, 2.24) is 14.9 Å². The monoisotopic (exact) mass is 556 g/mol. The fourth-order valence-corrected chi connectivity index (χ4v) is 4.74. The van der Waals surface area contributed by atoms with Gasteiger partial charge in [0.1, 0.15) is 35.0 Å². The Labute approximate surface area is 225 Å². The molecule has 8 nitrogen and oxygen atoms in total. The molecule has 2 amide bonds. The molecule has 4 aromatic rings. The van der Waals surface area contributed by atoms with Gasteiger partial charge in [-0.15, -0.1) is 0 Å². The molecule has 5 rings (SSSR count). The van der Waals surface area contributed by atoms with Crippen molar-refractivity contribution in [3.05, 3.63) is 83.4 Å². The second kappa shape index (κ2) is 9.33. The minimum Gasteiger partial charge on any atom is -0.489 e. The highest BCUT2D eigenvalue weighted by molar-refractivity contribution is 5.98. The quantitative estimate of drug-likeness (QED) is 0.313. The SMILES string of the molecule is Cn1c(C(=O)NC[C@](O)(c2cc3c(c(-c4ccc(F)cc4)n2)OC[C@]3(C)C(N)=O)C(F)(F)F)cc2ccccc21. The number of amides is 2. The molecule has 3 heterocycles. The van der Waals surface area contributed by atoms with E-state index in [2.05, 4.69) is 10.3 Å². The molecule has 0 radical (unpaired) electrons. The summed E-state index contributed by atoms with van der Waals surface area (Å²) in [7, 11) is 1.59. The van der Waals surface area contributed by atoms with E-state index in [1.54, 1.807) is 31.3 Å². The summed E-state index contributed by atoms with van der Waals surface area (Å²) in [5, 5.41) is 14.0. The fourth-order valence-electron chi connectivity index (χ4n) is 4.74. The predicted molar refractivity (Wildman–Crippen MR) is 137 cm³/mol. The first kappa shape index (κ1) is 27.1. The zero-order chi connectivity index (χ0) is 29.0. The number of aromatic nitrogens is 2. The van der Waals surface area contributed by atoms with E-state index in [9.17, 15) is 32.3 Å². The van der Waals surface area contributed by atoms with Crippen LogP contribution in [0.4, 0.5) is 17.6 Å². The number of halogens is 4. The number of carbonyl (C=O) groups is 2. The van der Waals surface area contributed by atoms with Crippen LogP contribution in [-0.2, 0) is 22.9 Å². The van der Waals surface area contributed by atoms with Gasteiger partial charge in [0.25, 0.3) is 5.91 Å². The van der Waals surface area contributed by atoms with Gasteiger partial charge in [0, 0.05) is 29.1 Å². The molecule has 0 aliphatic carbocycles. The highest BCUT2D eigenvalue weighted by Crippen LogP contribution is 2.47. The number of benzene rings is 2. The van der Waals surface area contributed by atoms with Gasteiger partial charge in [0.05, 0.1) is 12.2 Å². The van der Waals surface area contributed by atoms with Gasteiger partial charge < -0.3 is 25.5 Å². The number of rotatable bonds is 6. The first-order chi connectivity index (χ1) is 18.8. The highest BCUT2D eigenvalue weighted by Gasteiger charge is 2.57. The Morgan fingerprint density at radius 3 is 2.45 bits per heavy atom. The normalized spacial score (nSPS) is 18.2. The molecular formula is C28H24F4N4O4. The van der Waals surface area contributed by atoms with Crippen LogP contribution < -0.4 is 15.8 Å². The molecular weight excluding hydrogens is 532 g/mol. The zero-order valence-electron chi connectivity index (χ0n) is 21.3. The molecule has 12 heteroatoms. The number of pyridine rings is 1. The van der Waals surface area contributed by atoms with Crippen LogP contribution in [0.2, 0.25) is 0 Å². The maximum absolute atomic E-state index is 14.6. The van der Waals surface area contributed by atoms with Gasteiger partial charge in [0.15, 0.2) is 0 Å². The van der Waals surface area contributed by atoms with Crippen LogP contribution in [-0.4, -0.2) is 45.8 Å². The third-order valence-electron chi connectivity index (χ3n) is 7.32. The molecule has 1 aliphatic rings. The number of para-hydroxylation sites is 1. The molecule has 4 N–H and O–H groups in total. The molecule has 40 heavy (non-hydrogen) atoms. The van der Waals surface area contributed by atoms with E-state index >= 15 is 0 Å². The Morgan fingerprint density at radius 2 is 1.82 bits per heavy atom. The number of hydrogen-bond donors (Lipinski definition) is 3. The largest absolute Gasteiger partial charge is 0.489 e. The predicted octanol–water partition coefficient (Wildman–Crippen LogP) is 3.69. The van der Waals surface area contributed by atoms with Gasteiger partial charge in [-0.1, -0.05) is 18.2 Å². The summed E-state index contributed by atoms with van der Waals surface area (Å²) in [5.74, 6) is -2.33. The molecule has 2 aromatic heterocycles. The Morgan fingerprint density at radius 1 is 1.15 bits per heavy atom. The van der Waals surface area contributed by atoms with E-state index in [1.165, 1.54) is 29.7 Å². The first-order valence-corrected chi connectivity index (χ1v) is 12.1. The number of nitrogens with zero attached hydrogens (tertiary/aromatic N) is 2. The maximum atomic E-state index is 14.6. The lowest BCUT2D eigenvalue weighted by atomic mass is 9.81. The minimum atomic E-state index is -5.32. The van der Waals surface area contributed by atoms with E-state index < -0.39 is 47.1 Å². The molecule has 0 unspecified atom stereocenters. The van der Waals surface area contributed by atoms with E-state index in [0.717, 1.165) is 18.2 Å². The number of fused-ring (bicyclic) bond motifs is 2. The Bertz CT molecular complexity index is 1650. The average Bonchev–Trinajstić information content (AvgIpc) is 3.44. The number of primary amides is 1. The van der Waals surface area contributed by atoms with Crippen LogP contribution in [0.1, 0.15) is 28.7 Å². The number of nitrogens with one attached hydrogen (secondary N) is 1. The number of carbonyl (C=O) groups excluding carboxylic acids is 2. The van der Waals surface area contributed by atoms with Gasteiger partial charge in [0.2, 0.25) is 11.5 Å². The van der Waals surface area contributed by atoms with E-state index in [0.29, 0.717) is 10.9 Å². The second-order valence-corrected chi connectivity index (χ2v) is 9.91. The lowest BCUT2D eigenvalue weighted by Crippen LogP contribution is -2.52. The zero-order valence-corrected chi connectivity index (χ0v) is 21.3. The molecule has 0 bridgehead atoms. The van der Waals surface area contributed by atoms with Crippen molar-refractivity contribution >= 4 is 22.7 Å². The number of nitrogens with two attached hydrogens (primary N) is 1. The van der Waals surface area contributed by atoms with Crippen molar-refractivity contribution in [2.75, 3.05) is 13.2 Å². The number of alkyl halides is 3. The van der Waals surface area contributed by atoms with Gasteiger partial charge in [-0.3, -0.25) is 9.59 Å². The standard InChI is InChI=1S/C28H24F4N4O4/c1-26(25(33)38)14-40-23-18(26)12-21(35-22(23)15-7-9-17(29)10-8-15)27(39,28(30,31)32)13-34-24(37)20-11-16-5-3-4-6-19(16)36(20)2/h3-12,39H,13-14H2,1-2H3,(H2,33,38)(H,34,37)/t26-,27-/m0/s1. The van der Waals surface area contributed by atoms with E-state index in [4.69, 9.17) is 10.5 Å². The summed E-state index contributed by atoms with van der Waals surface area (Å²) in [6.45, 7) is -0.174. The molecule has 208 valence electrons. The van der Waals surface area contributed by atoms with Gasteiger partial charge in [-0.05, 0) is 49.4 Å². The average molecular weight is 557 g/mol. The summed E-state index contributed by atoms with van der Waals surface area (Å²) < 4.78 is 64.5. The van der Waals surface area contributed by atoms with Gasteiger partial charge >= 0.3 is 6.18 Å². The van der Waals surface area contributed by atoms with Crippen LogP contribution in [0.3, 0.4) is 0 Å². The van der Waals surface area contributed by atoms with Crippen molar-refractivity contribution in [3.8, 4) is 17.0 Å². The van der Waals surface area contributed by atoms with Crippen molar-refractivity contribution in [2.24, 2.45) is 12.8 Å². The molecule has 2 atom stereocenters. The van der Waals surface area contributed by atoms with Crippen molar-refractivity contribution in [1.29, 1.82) is 0 Å². The maximum Gasteiger partial charge on any atom is 0.424 e. The fraction of sp³-hybridized carbons (Fsp3) is 0.250. The molecule has 0 saturated carbocycles. The van der Waals surface area contributed by atoms with Crippen LogP contribution in [0.15, 0.2) is 60.7 Å². The topological polar surface area (TPSA) is 119 Å².